The lowest BCUT2D eigenvalue weighted by Gasteiger charge is -2.10. The lowest BCUT2D eigenvalue weighted by atomic mass is 10.0. The number of hydrogen-bond acceptors (Lipinski definition) is 1. The molecule has 0 spiro atoms. The standard InChI is InChI=1S/C19H14F3NO/c20-19(21,22)16-9-4-7-14(11-16)18(24)23-12-15-8-3-6-13-5-1-2-10-17(13)15/h1-11H,12H2,(H,23,24). The van der Waals surface area contributed by atoms with E-state index in [0.717, 1.165) is 28.5 Å². The smallest absolute Gasteiger partial charge is 0.348 e. The van der Waals surface area contributed by atoms with Crippen molar-refractivity contribution in [1.82, 2.24) is 5.32 Å². The Kier molecular flexibility index (Phi) is 4.25. The minimum Gasteiger partial charge on any atom is -0.348 e. The van der Waals surface area contributed by atoms with Crippen LogP contribution in [0.1, 0.15) is 21.5 Å². The summed E-state index contributed by atoms with van der Waals surface area (Å²) in [6.45, 7) is 0.246. The maximum atomic E-state index is 12.7. The van der Waals surface area contributed by atoms with Gasteiger partial charge in [-0.1, -0.05) is 48.5 Å². The van der Waals surface area contributed by atoms with Gasteiger partial charge in [0.25, 0.3) is 5.91 Å². The Balaban J connectivity index is 1.78. The van der Waals surface area contributed by atoms with Gasteiger partial charge in [-0.15, -0.1) is 0 Å². The lowest BCUT2D eigenvalue weighted by molar-refractivity contribution is -0.137. The molecule has 0 aliphatic carbocycles. The van der Waals surface area contributed by atoms with Crippen LogP contribution in [0.5, 0.6) is 0 Å². The molecule has 0 saturated heterocycles. The van der Waals surface area contributed by atoms with Crippen LogP contribution in [-0.4, -0.2) is 5.91 Å². The summed E-state index contributed by atoms with van der Waals surface area (Å²) in [5, 5.41) is 4.73. The van der Waals surface area contributed by atoms with Crippen LogP contribution in [0.3, 0.4) is 0 Å². The number of carbonyl (C=O) groups is 1. The molecule has 0 fully saturated rings. The summed E-state index contributed by atoms with van der Waals surface area (Å²) in [6.07, 6.45) is -4.47. The van der Waals surface area contributed by atoms with Gasteiger partial charge in [-0.25, -0.2) is 0 Å². The summed E-state index contributed by atoms with van der Waals surface area (Å²) in [7, 11) is 0. The van der Waals surface area contributed by atoms with Crippen molar-refractivity contribution in [3.8, 4) is 0 Å². The molecule has 3 aromatic carbocycles. The second kappa shape index (κ2) is 6.35. The summed E-state index contributed by atoms with van der Waals surface area (Å²) in [4.78, 5) is 12.2. The molecule has 2 nitrogen and oxygen atoms in total. The van der Waals surface area contributed by atoms with Gasteiger partial charge in [0, 0.05) is 12.1 Å². The van der Waals surface area contributed by atoms with Gasteiger partial charge in [0.15, 0.2) is 0 Å². The Bertz CT molecular complexity index is 882. The number of hydrogen-bond donors (Lipinski definition) is 1. The molecule has 0 aliphatic rings. The second-order valence-electron chi connectivity index (χ2n) is 5.40. The van der Waals surface area contributed by atoms with Crippen LogP contribution in [-0.2, 0) is 12.7 Å². The Hall–Kier alpha value is -2.82. The largest absolute Gasteiger partial charge is 0.416 e. The highest BCUT2D eigenvalue weighted by Gasteiger charge is 2.30. The van der Waals surface area contributed by atoms with Gasteiger partial charge in [-0.3, -0.25) is 4.79 Å². The minimum atomic E-state index is -4.47. The van der Waals surface area contributed by atoms with Crippen molar-refractivity contribution in [2.24, 2.45) is 0 Å². The number of alkyl halides is 3. The number of carbonyl (C=O) groups excluding carboxylic acids is 1. The summed E-state index contributed by atoms with van der Waals surface area (Å²) >= 11 is 0. The third-order valence-electron chi connectivity index (χ3n) is 3.77. The highest BCUT2D eigenvalue weighted by molar-refractivity contribution is 5.94. The fraction of sp³-hybridized carbons (Fsp3) is 0.105. The number of nitrogens with one attached hydrogen (secondary N) is 1. The van der Waals surface area contributed by atoms with E-state index in [0.29, 0.717) is 0 Å². The van der Waals surface area contributed by atoms with Gasteiger partial charge in [-0.2, -0.15) is 13.2 Å². The molecule has 1 N–H and O–H groups in total. The zero-order valence-corrected chi connectivity index (χ0v) is 12.6. The van der Waals surface area contributed by atoms with Gasteiger partial charge < -0.3 is 5.32 Å². The first kappa shape index (κ1) is 16.1. The summed E-state index contributed by atoms with van der Waals surface area (Å²) in [6, 6.07) is 17.9. The first-order valence-corrected chi connectivity index (χ1v) is 7.37. The van der Waals surface area contributed by atoms with Crippen LogP contribution in [0.4, 0.5) is 13.2 Å². The molecule has 0 unspecified atom stereocenters. The average Bonchev–Trinajstić information content (AvgIpc) is 2.59. The van der Waals surface area contributed by atoms with E-state index < -0.39 is 17.6 Å². The minimum absolute atomic E-state index is 0.00920. The summed E-state index contributed by atoms with van der Waals surface area (Å²) in [5.41, 5.74) is 0.0683. The first-order chi connectivity index (χ1) is 11.4. The predicted octanol–water partition coefficient (Wildman–Crippen LogP) is 4.79. The van der Waals surface area contributed by atoms with Crippen molar-refractivity contribution in [2.45, 2.75) is 12.7 Å². The Labute approximate surface area is 136 Å². The Morgan fingerprint density at radius 3 is 2.42 bits per heavy atom. The van der Waals surface area contributed by atoms with E-state index in [-0.39, 0.29) is 12.1 Å². The molecular formula is C19H14F3NO. The predicted molar refractivity (Wildman–Crippen MR) is 86.6 cm³/mol. The average molecular weight is 329 g/mol. The van der Waals surface area contributed by atoms with Crippen LogP contribution >= 0.6 is 0 Å². The normalized spacial score (nSPS) is 11.5. The fourth-order valence-electron chi connectivity index (χ4n) is 2.56. The topological polar surface area (TPSA) is 29.1 Å². The zero-order valence-electron chi connectivity index (χ0n) is 12.6. The molecule has 0 bridgehead atoms. The molecule has 24 heavy (non-hydrogen) atoms. The second-order valence-corrected chi connectivity index (χ2v) is 5.40. The van der Waals surface area contributed by atoms with Crippen molar-refractivity contribution < 1.29 is 18.0 Å². The van der Waals surface area contributed by atoms with Gasteiger partial charge in [-0.05, 0) is 34.5 Å². The molecule has 0 saturated carbocycles. The highest BCUT2D eigenvalue weighted by atomic mass is 19.4. The molecule has 0 heterocycles. The molecule has 3 aromatic rings. The summed E-state index contributed by atoms with van der Waals surface area (Å²) in [5.74, 6) is -0.533. The third-order valence-corrected chi connectivity index (χ3v) is 3.77. The van der Waals surface area contributed by atoms with Gasteiger partial charge in [0.05, 0.1) is 5.56 Å². The van der Waals surface area contributed by atoms with Gasteiger partial charge in [0.2, 0.25) is 0 Å². The van der Waals surface area contributed by atoms with Crippen molar-refractivity contribution in [3.63, 3.8) is 0 Å². The van der Waals surface area contributed by atoms with E-state index in [1.807, 2.05) is 42.5 Å². The molecular weight excluding hydrogens is 315 g/mol. The van der Waals surface area contributed by atoms with Crippen LogP contribution in [0.15, 0.2) is 66.7 Å². The van der Waals surface area contributed by atoms with Crippen LogP contribution in [0.2, 0.25) is 0 Å². The third kappa shape index (κ3) is 3.40. The van der Waals surface area contributed by atoms with Gasteiger partial charge >= 0.3 is 6.18 Å². The molecule has 122 valence electrons. The fourth-order valence-corrected chi connectivity index (χ4v) is 2.56. The number of fused-ring (bicyclic) bond motifs is 1. The van der Waals surface area contributed by atoms with E-state index in [1.165, 1.54) is 12.1 Å². The first-order valence-electron chi connectivity index (χ1n) is 7.37. The number of benzene rings is 3. The van der Waals surface area contributed by atoms with Crippen molar-refractivity contribution in [2.75, 3.05) is 0 Å². The Morgan fingerprint density at radius 2 is 1.62 bits per heavy atom. The molecule has 0 atom stereocenters. The number of rotatable bonds is 3. The van der Waals surface area contributed by atoms with Crippen molar-refractivity contribution >= 4 is 16.7 Å². The monoisotopic (exact) mass is 329 g/mol. The highest BCUT2D eigenvalue weighted by Crippen LogP contribution is 2.29. The molecule has 0 radical (unpaired) electrons. The van der Waals surface area contributed by atoms with Crippen molar-refractivity contribution in [3.05, 3.63) is 83.4 Å². The zero-order chi connectivity index (χ0) is 17.2. The molecule has 0 aromatic heterocycles. The lowest BCUT2D eigenvalue weighted by Crippen LogP contribution is -2.23. The van der Waals surface area contributed by atoms with Gasteiger partial charge in [0.1, 0.15) is 0 Å². The maximum absolute atomic E-state index is 12.7. The van der Waals surface area contributed by atoms with Crippen LogP contribution < -0.4 is 5.32 Å². The van der Waals surface area contributed by atoms with E-state index >= 15 is 0 Å². The Morgan fingerprint density at radius 1 is 0.917 bits per heavy atom. The molecule has 1 amide bonds. The molecule has 0 aliphatic heterocycles. The van der Waals surface area contributed by atoms with E-state index in [2.05, 4.69) is 5.32 Å². The quantitative estimate of drug-likeness (QED) is 0.735. The van der Waals surface area contributed by atoms with Crippen LogP contribution in [0.25, 0.3) is 10.8 Å². The molecule has 3 rings (SSSR count). The SMILES string of the molecule is O=C(NCc1cccc2ccccc12)c1cccc(C(F)(F)F)c1. The van der Waals surface area contributed by atoms with Crippen LogP contribution in [0, 0.1) is 0 Å². The summed E-state index contributed by atoms with van der Waals surface area (Å²) < 4.78 is 38.2. The number of amides is 1. The van der Waals surface area contributed by atoms with E-state index in [9.17, 15) is 18.0 Å². The van der Waals surface area contributed by atoms with E-state index in [4.69, 9.17) is 0 Å². The maximum Gasteiger partial charge on any atom is 0.416 e. The molecule has 5 heteroatoms. The van der Waals surface area contributed by atoms with Crippen molar-refractivity contribution in [1.29, 1.82) is 0 Å². The van der Waals surface area contributed by atoms with E-state index in [1.54, 1.807) is 0 Å². The number of halogens is 3.